The van der Waals surface area contributed by atoms with E-state index in [1.54, 1.807) is 6.26 Å². The smallest absolute Gasteiger partial charge is 0.123 e. The van der Waals surface area contributed by atoms with Gasteiger partial charge >= 0.3 is 0 Å². The minimum atomic E-state index is 0.255. The van der Waals surface area contributed by atoms with Gasteiger partial charge in [-0.2, -0.15) is 0 Å². The first-order valence-corrected chi connectivity index (χ1v) is 7.45. The summed E-state index contributed by atoms with van der Waals surface area (Å²) >= 11 is 0. The quantitative estimate of drug-likeness (QED) is 0.837. The van der Waals surface area contributed by atoms with Gasteiger partial charge in [0.1, 0.15) is 5.76 Å². The highest BCUT2D eigenvalue weighted by Crippen LogP contribution is 2.24. The second-order valence-electron chi connectivity index (χ2n) is 5.61. The summed E-state index contributed by atoms with van der Waals surface area (Å²) in [7, 11) is 0. The van der Waals surface area contributed by atoms with E-state index in [-0.39, 0.29) is 6.04 Å². The van der Waals surface area contributed by atoms with Crippen molar-refractivity contribution in [3.63, 3.8) is 0 Å². The van der Waals surface area contributed by atoms with Crippen LogP contribution in [0, 0.1) is 20.8 Å². The van der Waals surface area contributed by atoms with Crippen LogP contribution in [-0.2, 0) is 6.42 Å². The topological polar surface area (TPSA) is 25.2 Å². The molecule has 0 aliphatic carbocycles. The lowest BCUT2D eigenvalue weighted by Crippen LogP contribution is -2.24. The molecule has 1 heterocycles. The molecule has 0 radical (unpaired) electrons. The molecule has 0 amide bonds. The Morgan fingerprint density at radius 3 is 2.55 bits per heavy atom. The van der Waals surface area contributed by atoms with Gasteiger partial charge in [-0.15, -0.1) is 0 Å². The summed E-state index contributed by atoms with van der Waals surface area (Å²) in [6, 6.07) is 8.96. The van der Waals surface area contributed by atoms with Gasteiger partial charge in [0, 0.05) is 0 Å². The highest BCUT2D eigenvalue weighted by Gasteiger charge is 2.17. The van der Waals surface area contributed by atoms with Crippen molar-refractivity contribution >= 4 is 0 Å². The SMILES string of the molecule is CCCNC(Cc1cc(C)ccc1C)c1occc1C. The van der Waals surface area contributed by atoms with E-state index >= 15 is 0 Å². The summed E-state index contributed by atoms with van der Waals surface area (Å²) in [4.78, 5) is 0. The fourth-order valence-corrected chi connectivity index (χ4v) is 2.56. The fraction of sp³-hybridized carbons (Fsp3) is 0.444. The van der Waals surface area contributed by atoms with Crippen LogP contribution in [0.3, 0.4) is 0 Å². The molecule has 1 N–H and O–H groups in total. The zero-order valence-electron chi connectivity index (χ0n) is 13.0. The van der Waals surface area contributed by atoms with E-state index in [2.05, 4.69) is 51.2 Å². The lowest BCUT2D eigenvalue weighted by atomic mass is 9.96. The van der Waals surface area contributed by atoms with E-state index in [4.69, 9.17) is 4.42 Å². The Labute approximate surface area is 122 Å². The minimum Gasteiger partial charge on any atom is -0.467 e. The predicted octanol–water partition coefficient (Wildman–Crippen LogP) is 4.49. The zero-order chi connectivity index (χ0) is 14.5. The molecular formula is C18H25NO. The highest BCUT2D eigenvalue weighted by atomic mass is 16.3. The number of nitrogens with one attached hydrogen (secondary N) is 1. The molecule has 1 aromatic carbocycles. The number of hydrogen-bond acceptors (Lipinski definition) is 2. The molecule has 0 aliphatic rings. The van der Waals surface area contributed by atoms with Crippen molar-refractivity contribution < 1.29 is 4.42 Å². The third kappa shape index (κ3) is 3.51. The van der Waals surface area contributed by atoms with Gasteiger partial charge in [0.15, 0.2) is 0 Å². The summed E-state index contributed by atoms with van der Waals surface area (Å²) in [6.45, 7) is 9.64. The van der Waals surface area contributed by atoms with Crippen molar-refractivity contribution in [2.75, 3.05) is 6.54 Å². The Morgan fingerprint density at radius 1 is 1.10 bits per heavy atom. The molecule has 0 aliphatic heterocycles. The maximum Gasteiger partial charge on any atom is 0.123 e. The standard InChI is InChI=1S/C18H25NO/c1-5-9-19-17(18-15(4)8-10-20-18)12-16-11-13(2)6-7-14(16)3/h6-8,10-11,17,19H,5,9,12H2,1-4H3. The first-order chi connectivity index (χ1) is 9.61. The predicted molar refractivity (Wildman–Crippen MR) is 84.1 cm³/mol. The molecule has 2 aromatic rings. The van der Waals surface area contributed by atoms with Crippen molar-refractivity contribution in [2.24, 2.45) is 0 Å². The van der Waals surface area contributed by atoms with E-state index < -0.39 is 0 Å². The Bertz CT molecular complexity index is 556. The molecule has 2 heteroatoms. The molecule has 1 unspecified atom stereocenters. The van der Waals surface area contributed by atoms with E-state index in [1.807, 2.05) is 6.07 Å². The van der Waals surface area contributed by atoms with Crippen LogP contribution in [-0.4, -0.2) is 6.54 Å². The maximum atomic E-state index is 5.70. The summed E-state index contributed by atoms with van der Waals surface area (Å²) in [5.74, 6) is 1.07. The van der Waals surface area contributed by atoms with Crippen LogP contribution in [0.1, 0.15) is 47.4 Å². The van der Waals surface area contributed by atoms with Crippen molar-refractivity contribution in [2.45, 2.75) is 46.6 Å². The molecule has 0 spiro atoms. The third-order valence-corrected chi connectivity index (χ3v) is 3.79. The van der Waals surface area contributed by atoms with Crippen LogP contribution in [0.4, 0.5) is 0 Å². The average molecular weight is 271 g/mol. The third-order valence-electron chi connectivity index (χ3n) is 3.79. The Kier molecular flexibility index (Phi) is 5.02. The average Bonchev–Trinajstić information content (AvgIpc) is 2.84. The largest absolute Gasteiger partial charge is 0.467 e. The number of furan rings is 1. The van der Waals surface area contributed by atoms with Gasteiger partial charge in [-0.25, -0.2) is 0 Å². The second-order valence-corrected chi connectivity index (χ2v) is 5.61. The molecule has 0 saturated heterocycles. The molecule has 0 saturated carbocycles. The molecule has 1 atom stereocenters. The zero-order valence-corrected chi connectivity index (χ0v) is 13.0. The van der Waals surface area contributed by atoms with Crippen molar-refractivity contribution in [3.05, 3.63) is 58.5 Å². The van der Waals surface area contributed by atoms with Gasteiger partial charge in [-0.3, -0.25) is 0 Å². The van der Waals surface area contributed by atoms with Crippen LogP contribution in [0.5, 0.6) is 0 Å². The molecule has 108 valence electrons. The number of benzene rings is 1. The van der Waals surface area contributed by atoms with Crippen LogP contribution in [0.15, 0.2) is 34.9 Å². The molecule has 0 fully saturated rings. The molecule has 20 heavy (non-hydrogen) atoms. The number of hydrogen-bond donors (Lipinski definition) is 1. The van der Waals surface area contributed by atoms with E-state index in [0.29, 0.717) is 0 Å². The summed E-state index contributed by atoms with van der Waals surface area (Å²) in [6.07, 6.45) is 3.89. The number of aryl methyl sites for hydroxylation is 3. The van der Waals surface area contributed by atoms with E-state index in [0.717, 1.165) is 25.1 Å². The first-order valence-electron chi connectivity index (χ1n) is 7.45. The molecule has 1 aromatic heterocycles. The van der Waals surface area contributed by atoms with Crippen LogP contribution in [0.2, 0.25) is 0 Å². The van der Waals surface area contributed by atoms with Crippen molar-refractivity contribution in [1.29, 1.82) is 0 Å². The summed E-state index contributed by atoms with van der Waals surface area (Å²) in [5, 5.41) is 3.61. The Balaban J connectivity index is 2.23. The van der Waals surface area contributed by atoms with Crippen molar-refractivity contribution in [1.82, 2.24) is 5.32 Å². The maximum absolute atomic E-state index is 5.70. The van der Waals surface area contributed by atoms with Gasteiger partial charge in [-0.05, 0) is 62.9 Å². The lowest BCUT2D eigenvalue weighted by Gasteiger charge is -2.19. The highest BCUT2D eigenvalue weighted by molar-refractivity contribution is 5.32. The second kappa shape index (κ2) is 6.76. The lowest BCUT2D eigenvalue weighted by molar-refractivity contribution is 0.407. The summed E-state index contributed by atoms with van der Waals surface area (Å²) < 4.78 is 5.70. The molecular weight excluding hydrogens is 246 g/mol. The normalized spacial score (nSPS) is 12.6. The van der Waals surface area contributed by atoms with E-state index in [1.165, 1.54) is 22.3 Å². The fourth-order valence-electron chi connectivity index (χ4n) is 2.56. The van der Waals surface area contributed by atoms with Gasteiger partial charge < -0.3 is 9.73 Å². The molecule has 0 bridgehead atoms. The Morgan fingerprint density at radius 2 is 1.90 bits per heavy atom. The molecule has 2 rings (SSSR count). The monoisotopic (exact) mass is 271 g/mol. The minimum absolute atomic E-state index is 0.255. The first kappa shape index (κ1) is 14.9. The van der Waals surface area contributed by atoms with Crippen LogP contribution < -0.4 is 5.32 Å². The van der Waals surface area contributed by atoms with Crippen LogP contribution in [0.25, 0.3) is 0 Å². The summed E-state index contributed by atoms with van der Waals surface area (Å²) in [5.41, 5.74) is 5.29. The number of rotatable bonds is 6. The van der Waals surface area contributed by atoms with Crippen molar-refractivity contribution in [3.8, 4) is 0 Å². The Hall–Kier alpha value is -1.54. The van der Waals surface area contributed by atoms with Gasteiger partial charge in [0.2, 0.25) is 0 Å². The van der Waals surface area contributed by atoms with Gasteiger partial charge in [-0.1, -0.05) is 30.7 Å². The van der Waals surface area contributed by atoms with Crippen LogP contribution >= 0.6 is 0 Å². The van der Waals surface area contributed by atoms with Gasteiger partial charge in [0.25, 0.3) is 0 Å². The molecule has 2 nitrogen and oxygen atoms in total. The van der Waals surface area contributed by atoms with E-state index in [9.17, 15) is 0 Å². The van der Waals surface area contributed by atoms with Gasteiger partial charge in [0.05, 0.1) is 12.3 Å².